The number of benzene rings is 2. The zero-order valence-electron chi connectivity index (χ0n) is 13.2. The van der Waals surface area contributed by atoms with Crippen LogP contribution in [0.3, 0.4) is 0 Å². The van der Waals surface area contributed by atoms with E-state index in [4.69, 9.17) is 0 Å². The van der Waals surface area contributed by atoms with E-state index in [0.29, 0.717) is 0 Å². The van der Waals surface area contributed by atoms with Gasteiger partial charge in [-0.3, -0.25) is 4.79 Å². The number of carbonyl (C=O) groups excluding carboxylic acids is 1. The minimum absolute atomic E-state index is 0. The summed E-state index contributed by atoms with van der Waals surface area (Å²) in [7, 11) is 0. The van der Waals surface area contributed by atoms with Crippen LogP contribution in [0.25, 0.3) is 10.8 Å². The molecule has 0 aliphatic carbocycles. The minimum Gasteiger partial charge on any atom is -0.273 e. The molecule has 0 atom stereocenters. The zero-order valence-corrected chi connectivity index (χ0v) is 14.0. The van der Waals surface area contributed by atoms with E-state index in [2.05, 4.69) is 36.2 Å². The number of nitrogens with zero attached hydrogens (tertiary/aromatic N) is 2. The second kappa shape index (κ2) is 7.12. The maximum absolute atomic E-state index is 12.3. The first-order chi connectivity index (χ1) is 10.2. The molecule has 1 fully saturated rings. The molecule has 4 heteroatoms. The van der Waals surface area contributed by atoms with Crippen molar-refractivity contribution in [2.45, 2.75) is 33.1 Å². The first-order valence-electron chi connectivity index (χ1n) is 7.72. The number of hydrogen-bond donors (Lipinski definition) is 0. The first-order valence-corrected chi connectivity index (χ1v) is 7.72. The molecule has 3 rings (SSSR count). The van der Waals surface area contributed by atoms with E-state index in [1.807, 2.05) is 17.1 Å². The number of piperidine rings is 1. The molecule has 0 spiro atoms. The summed E-state index contributed by atoms with van der Waals surface area (Å²) >= 11 is 0. The van der Waals surface area contributed by atoms with Crippen LogP contribution in [-0.4, -0.2) is 24.0 Å². The van der Waals surface area contributed by atoms with E-state index in [9.17, 15) is 4.79 Å². The summed E-state index contributed by atoms with van der Waals surface area (Å²) in [5.74, 6) is 0.0938. The predicted molar refractivity (Wildman–Crippen MR) is 94.5 cm³/mol. The summed E-state index contributed by atoms with van der Waals surface area (Å²) in [6.45, 7) is 5.67. The van der Waals surface area contributed by atoms with Crippen LogP contribution in [0.5, 0.6) is 0 Å². The normalized spacial score (nSPS) is 15.4. The Morgan fingerprint density at radius 1 is 1.05 bits per heavy atom. The van der Waals surface area contributed by atoms with Gasteiger partial charge in [0.15, 0.2) is 0 Å². The Bertz CT molecular complexity index is 665. The third-order valence-electron chi connectivity index (χ3n) is 4.23. The smallest absolute Gasteiger partial charge is 0.238 e. The maximum atomic E-state index is 12.3. The fourth-order valence-corrected chi connectivity index (χ4v) is 3.22. The Hall–Kier alpha value is -1.58. The van der Waals surface area contributed by atoms with Crippen LogP contribution in [0.15, 0.2) is 36.4 Å². The molecule has 1 amide bonds. The van der Waals surface area contributed by atoms with Crippen molar-refractivity contribution < 1.29 is 4.79 Å². The Morgan fingerprint density at radius 3 is 2.41 bits per heavy atom. The lowest BCUT2D eigenvalue weighted by Crippen LogP contribution is -2.48. The average Bonchev–Trinajstić information content (AvgIpc) is 2.51. The number of hydrazine groups is 1. The van der Waals surface area contributed by atoms with E-state index in [1.165, 1.54) is 11.8 Å². The molecule has 2 aromatic rings. The van der Waals surface area contributed by atoms with E-state index in [1.54, 1.807) is 6.92 Å². The first kappa shape index (κ1) is 16.8. The predicted octanol–water partition coefficient (Wildman–Crippen LogP) is 4.32. The van der Waals surface area contributed by atoms with Crippen LogP contribution in [0.2, 0.25) is 0 Å². The summed E-state index contributed by atoms with van der Waals surface area (Å²) in [4.78, 5) is 12.3. The summed E-state index contributed by atoms with van der Waals surface area (Å²) < 4.78 is 0. The Kier molecular flexibility index (Phi) is 5.43. The Balaban J connectivity index is 0.00000176. The number of aryl methyl sites for hydroxylation is 1. The number of carbonyl (C=O) groups is 1. The highest BCUT2D eigenvalue weighted by atomic mass is 35.5. The van der Waals surface area contributed by atoms with Gasteiger partial charge in [-0.15, -0.1) is 12.4 Å². The van der Waals surface area contributed by atoms with Crippen molar-refractivity contribution in [3.8, 4) is 0 Å². The molecule has 0 aromatic heterocycles. The van der Waals surface area contributed by atoms with Crippen molar-refractivity contribution in [1.82, 2.24) is 5.01 Å². The molecule has 1 heterocycles. The lowest BCUT2D eigenvalue weighted by Gasteiger charge is -2.38. The quantitative estimate of drug-likeness (QED) is 0.823. The van der Waals surface area contributed by atoms with Gasteiger partial charge < -0.3 is 0 Å². The monoisotopic (exact) mass is 318 g/mol. The molecule has 0 radical (unpaired) electrons. The fraction of sp³-hybridized carbons (Fsp3) is 0.389. The molecule has 0 saturated carbocycles. The van der Waals surface area contributed by atoms with E-state index < -0.39 is 0 Å². The van der Waals surface area contributed by atoms with Crippen molar-refractivity contribution >= 4 is 34.8 Å². The Labute approximate surface area is 138 Å². The third-order valence-corrected chi connectivity index (χ3v) is 4.23. The number of hydrogen-bond acceptors (Lipinski definition) is 2. The third kappa shape index (κ3) is 3.11. The molecule has 1 saturated heterocycles. The van der Waals surface area contributed by atoms with Crippen LogP contribution >= 0.6 is 12.4 Å². The number of halogens is 1. The van der Waals surface area contributed by atoms with Crippen LogP contribution in [0.4, 0.5) is 5.69 Å². The topological polar surface area (TPSA) is 23.6 Å². The molecule has 2 aromatic carbocycles. The van der Waals surface area contributed by atoms with Crippen molar-refractivity contribution in [2.75, 3.05) is 18.1 Å². The van der Waals surface area contributed by atoms with Gasteiger partial charge in [-0.05, 0) is 30.7 Å². The number of anilines is 1. The van der Waals surface area contributed by atoms with Gasteiger partial charge in [0.2, 0.25) is 5.91 Å². The molecule has 1 aliphatic rings. The summed E-state index contributed by atoms with van der Waals surface area (Å²) in [5.41, 5.74) is 2.19. The minimum atomic E-state index is 0. The molecular weight excluding hydrogens is 296 g/mol. The van der Waals surface area contributed by atoms with Gasteiger partial charge in [-0.2, -0.15) is 0 Å². The van der Waals surface area contributed by atoms with E-state index in [-0.39, 0.29) is 18.3 Å². The second-order valence-electron chi connectivity index (χ2n) is 5.80. The average molecular weight is 319 g/mol. The molecule has 1 aliphatic heterocycles. The van der Waals surface area contributed by atoms with Crippen molar-refractivity contribution in [2.24, 2.45) is 0 Å². The molecule has 0 bridgehead atoms. The van der Waals surface area contributed by atoms with Gasteiger partial charge in [0, 0.05) is 25.4 Å². The second-order valence-corrected chi connectivity index (χ2v) is 5.80. The van der Waals surface area contributed by atoms with Crippen molar-refractivity contribution in [3.63, 3.8) is 0 Å². The summed E-state index contributed by atoms with van der Waals surface area (Å²) in [6, 6.07) is 12.5. The van der Waals surface area contributed by atoms with Crippen LogP contribution in [0.1, 0.15) is 31.7 Å². The highest BCUT2D eigenvalue weighted by Crippen LogP contribution is 2.32. The molecule has 0 N–H and O–H groups in total. The van der Waals surface area contributed by atoms with Crippen molar-refractivity contribution in [3.05, 3.63) is 42.0 Å². The number of amides is 1. The summed E-state index contributed by atoms with van der Waals surface area (Å²) in [6.07, 6.45) is 3.58. The molecule has 0 unspecified atom stereocenters. The molecular formula is C18H23ClN2O. The number of rotatable bonds is 2. The summed E-state index contributed by atoms with van der Waals surface area (Å²) in [5, 5.41) is 6.44. The Morgan fingerprint density at radius 2 is 1.73 bits per heavy atom. The fourth-order valence-electron chi connectivity index (χ4n) is 3.22. The molecule has 3 nitrogen and oxygen atoms in total. The lowest BCUT2D eigenvalue weighted by atomic mass is 10.0. The van der Waals surface area contributed by atoms with Gasteiger partial charge in [-0.25, -0.2) is 10.0 Å². The standard InChI is InChI=1S/C18H22N2O.ClH/c1-14-10-11-16-8-4-5-9-17(16)18(14)20(15(2)21)19-12-6-3-7-13-19;/h4-5,8-11H,3,6-7,12-13H2,1-2H3;1H. The zero-order chi connectivity index (χ0) is 14.8. The molecule has 118 valence electrons. The highest BCUT2D eigenvalue weighted by Gasteiger charge is 2.24. The van der Waals surface area contributed by atoms with Gasteiger partial charge in [-0.1, -0.05) is 42.8 Å². The van der Waals surface area contributed by atoms with Gasteiger partial charge in [0.25, 0.3) is 0 Å². The largest absolute Gasteiger partial charge is 0.273 e. The molecule has 22 heavy (non-hydrogen) atoms. The van der Waals surface area contributed by atoms with E-state index >= 15 is 0 Å². The van der Waals surface area contributed by atoms with Gasteiger partial charge >= 0.3 is 0 Å². The van der Waals surface area contributed by atoms with Crippen LogP contribution in [-0.2, 0) is 4.79 Å². The lowest BCUT2D eigenvalue weighted by molar-refractivity contribution is -0.119. The van der Waals surface area contributed by atoms with Gasteiger partial charge in [0.1, 0.15) is 0 Å². The van der Waals surface area contributed by atoms with Crippen LogP contribution in [0, 0.1) is 6.92 Å². The van der Waals surface area contributed by atoms with Gasteiger partial charge in [0.05, 0.1) is 5.69 Å². The van der Waals surface area contributed by atoms with Crippen LogP contribution < -0.4 is 5.01 Å². The maximum Gasteiger partial charge on any atom is 0.238 e. The van der Waals surface area contributed by atoms with Crippen molar-refractivity contribution in [1.29, 1.82) is 0 Å². The number of fused-ring (bicyclic) bond motifs is 1. The van der Waals surface area contributed by atoms with E-state index in [0.717, 1.165) is 42.6 Å². The highest BCUT2D eigenvalue weighted by molar-refractivity contribution is 6.03. The SMILES string of the molecule is CC(=O)N(c1c(C)ccc2ccccc12)N1CCCCC1.Cl.